The number of ether oxygens (including phenoxy) is 1. The van der Waals surface area contributed by atoms with Gasteiger partial charge in [-0.25, -0.2) is 4.39 Å². The van der Waals surface area contributed by atoms with Crippen molar-refractivity contribution in [2.45, 2.75) is 26.5 Å². The van der Waals surface area contributed by atoms with Gasteiger partial charge >= 0.3 is 0 Å². The lowest BCUT2D eigenvalue weighted by molar-refractivity contribution is 0.290. The van der Waals surface area contributed by atoms with Crippen LogP contribution in [0.4, 0.5) is 4.39 Å². The van der Waals surface area contributed by atoms with Gasteiger partial charge in [-0.15, -0.1) is 0 Å². The minimum atomic E-state index is -0.309. The third-order valence-electron chi connectivity index (χ3n) is 3.06. The van der Waals surface area contributed by atoms with Crippen molar-refractivity contribution in [3.05, 3.63) is 63.0 Å². The summed E-state index contributed by atoms with van der Waals surface area (Å²) in [5, 5.41) is 3.25. The number of nitrogens with one attached hydrogen (secondary N) is 1. The Morgan fingerprint density at radius 3 is 2.48 bits per heavy atom. The Kier molecular flexibility index (Phi) is 6.45. The molecule has 0 fully saturated rings. The highest BCUT2D eigenvalue weighted by atomic mass is 127. The Bertz CT molecular complexity index is 572. The maximum Gasteiger partial charge on any atom is 0.165 e. The Morgan fingerprint density at radius 1 is 1.10 bits per heavy atom. The van der Waals surface area contributed by atoms with Gasteiger partial charge in [0, 0.05) is 10.1 Å². The number of halogens is 2. The van der Waals surface area contributed by atoms with Gasteiger partial charge < -0.3 is 10.1 Å². The summed E-state index contributed by atoms with van der Waals surface area (Å²) in [4.78, 5) is 0. The molecule has 0 aromatic heterocycles. The van der Waals surface area contributed by atoms with E-state index < -0.39 is 0 Å². The molecule has 0 radical (unpaired) electrons. The first-order valence-electron chi connectivity index (χ1n) is 7.05. The first-order chi connectivity index (χ1) is 10.2. The lowest BCUT2D eigenvalue weighted by atomic mass is 10.2. The van der Waals surface area contributed by atoms with Crippen molar-refractivity contribution in [1.29, 1.82) is 0 Å². The summed E-state index contributed by atoms with van der Waals surface area (Å²) in [6.45, 7) is 4.10. The van der Waals surface area contributed by atoms with Gasteiger partial charge in [-0.3, -0.25) is 0 Å². The van der Waals surface area contributed by atoms with Crippen LogP contribution in [-0.2, 0) is 13.2 Å². The molecule has 0 amide bonds. The molecule has 0 bridgehead atoms. The van der Waals surface area contributed by atoms with Crippen molar-refractivity contribution in [3.63, 3.8) is 0 Å². The minimum absolute atomic E-state index is 0.299. The van der Waals surface area contributed by atoms with Gasteiger partial charge in [0.2, 0.25) is 0 Å². The number of hydrogen-bond acceptors (Lipinski definition) is 2. The fourth-order valence-electron chi connectivity index (χ4n) is 1.92. The van der Waals surface area contributed by atoms with Gasteiger partial charge in [0.25, 0.3) is 0 Å². The molecule has 21 heavy (non-hydrogen) atoms. The standard InChI is InChI=1S/C17H19FINO/c1-2-9-20-11-14-5-8-17(16(18)10-14)21-12-13-3-6-15(19)7-4-13/h3-8,10,20H,2,9,11-12H2,1H3. The smallest absolute Gasteiger partial charge is 0.165 e. The van der Waals surface area contributed by atoms with Crippen LogP contribution in [0.2, 0.25) is 0 Å². The van der Waals surface area contributed by atoms with E-state index in [4.69, 9.17) is 4.74 Å². The van der Waals surface area contributed by atoms with Crippen molar-refractivity contribution in [3.8, 4) is 5.75 Å². The molecule has 0 aliphatic carbocycles. The number of hydrogen-bond donors (Lipinski definition) is 1. The highest BCUT2D eigenvalue weighted by Crippen LogP contribution is 2.20. The van der Waals surface area contributed by atoms with Gasteiger partial charge in [0.15, 0.2) is 11.6 Å². The van der Waals surface area contributed by atoms with Crippen LogP contribution < -0.4 is 10.1 Å². The Hall–Kier alpha value is -1.14. The molecule has 1 N–H and O–H groups in total. The van der Waals surface area contributed by atoms with Crippen LogP contribution in [0, 0.1) is 9.39 Å². The van der Waals surface area contributed by atoms with E-state index in [0.717, 1.165) is 24.1 Å². The number of benzene rings is 2. The summed E-state index contributed by atoms with van der Waals surface area (Å²) in [5.41, 5.74) is 1.96. The zero-order chi connectivity index (χ0) is 15.1. The summed E-state index contributed by atoms with van der Waals surface area (Å²) in [6, 6.07) is 13.1. The van der Waals surface area contributed by atoms with Gasteiger partial charge in [-0.05, 0) is 70.9 Å². The van der Waals surface area contributed by atoms with Crippen molar-refractivity contribution in [2.24, 2.45) is 0 Å². The molecule has 0 saturated heterocycles. The normalized spacial score (nSPS) is 10.6. The van der Waals surface area contributed by atoms with Gasteiger partial charge in [0.1, 0.15) is 6.61 Å². The summed E-state index contributed by atoms with van der Waals surface area (Å²) >= 11 is 2.25. The van der Waals surface area contributed by atoms with Crippen LogP contribution in [0.1, 0.15) is 24.5 Å². The van der Waals surface area contributed by atoms with E-state index in [1.165, 1.54) is 9.64 Å². The fourth-order valence-corrected chi connectivity index (χ4v) is 2.28. The monoisotopic (exact) mass is 399 g/mol. The second kappa shape index (κ2) is 8.34. The number of rotatable bonds is 7. The van der Waals surface area contributed by atoms with Crippen LogP contribution in [0.15, 0.2) is 42.5 Å². The van der Waals surface area contributed by atoms with E-state index in [2.05, 4.69) is 34.8 Å². The summed E-state index contributed by atoms with van der Waals surface area (Å²) < 4.78 is 20.7. The highest BCUT2D eigenvalue weighted by Gasteiger charge is 2.05. The van der Waals surface area contributed by atoms with Crippen molar-refractivity contribution >= 4 is 22.6 Å². The van der Waals surface area contributed by atoms with Crippen LogP contribution in [0.5, 0.6) is 5.75 Å². The topological polar surface area (TPSA) is 21.3 Å². The van der Waals surface area contributed by atoms with Crippen LogP contribution >= 0.6 is 22.6 Å². The average molecular weight is 399 g/mol. The van der Waals surface area contributed by atoms with Crippen LogP contribution in [-0.4, -0.2) is 6.54 Å². The molecule has 0 aliphatic rings. The van der Waals surface area contributed by atoms with Gasteiger partial charge in [-0.1, -0.05) is 25.1 Å². The Morgan fingerprint density at radius 2 is 1.81 bits per heavy atom. The average Bonchev–Trinajstić information content (AvgIpc) is 2.48. The molecule has 4 heteroatoms. The molecule has 0 spiro atoms. The predicted octanol–water partition coefficient (Wildman–Crippen LogP) is 4.51. The van der Waals surface area contributed by atoms with Crippen molar-refractivity contribution in [1.82, 2.24) is 5.32 Å². The fraction of sp³-hybridized carbons (Fsp3) is 0.294. The molecule has 0 unspecified atom stereocenters. The molecular formula is C17H19FINO. The maximum absolute atomic E-state index is 14.0. The zero-order valence-corrected chi connectivity index (χ0v) is 14.2. The molecule has 0 saturated carbocycles. The van der Waals surface area contributed by atoms with E-state index in [9.17, 15) is 4.39 Å². The van der Waals surface area contributed by atoms with Gasteiger partial charge in [0.05, 0.1) is 0 Å². The third kappa shape index (κ3) is 5.28. The van der Waals surface area contributed by atoms with Crippen LogP contribution in [0.25, 0.3) is 0 Å². The van der Waals surface area contributed by atoms with E-state index in [1.54, 1.807) is 6.07 Å². The van der Waals surface area contributed by atoms with Gasteiger partial charge in [-0.2, -0.15) is 0 Å². The van der Waals surface area contributed by atoms with E-state index in [1.807, 2.05) is 30.3 Å². The lowest BCUT2D eigenvalue weighted by Crippen LogP contribution is -2.13. The van der Waals surface area contributed by atoms with Crippen molar-refractivity contribution < 1.29 is 9.13 Å². The molecule has 112 valence electrons. The largest absolute Gasteiger partial charge is 0.486 e. The quantitative estimate of drug-likeness (QED) is 0.547. The first-order valence-corrected chi connectivity index (χ1v) is 8.13. The second-order valence-electron chi connectivity index (χ2n) is 4.86. The molecule has 0 aliphatic heterocycles. The van der Waals surface area contributed by atoms with E-state index in [-0.39, 0.29) is 5.82 Å². The minimum Gasteiger partial charge on any atom is -0.486 e. The zero-order valence-electron chi connectivity index (χ0n) is 12.0. The molecule has 0 atom stereocenters. The summed E-state index contributed by atoms with van der Waals surface area (Å²) in [6.07, 6.45) is 1.07. The molecule has 2 nitrogen and oxygen atoms in total. The molecule has 2 rings (SSSR count). The van der Waals surface area contributed by atoms with Crippen LogP contribution in [0.3, 0.4) is 0 Å². The maximum atomic E-state index is 14.0. The predicted molar refractivity (Wildman–Crippen MR) is 91.9 cm³/mol. The van der Waals surface area contributed by atoms with Crippen molar-refractivity contribution in [2.75, 3.05) is 6.54 Å². The molecule has 2 aromatic rings. The summed E-state index contributed by atoms with van der Waals surface area (Å²) in [5.74, 6) is -0.0101. The second-order valence-corrected chi connectivity index (χ2v) is 6.10. The first kappa shape index (κ1) is 16.2. The van der Waals surface area contributed by atoms with E-state index >= 15 is 0 Å². The SMILES string of the molecule is CCCNCc1ccc(OCc2ccc(I)cc2)c(F)c1. The Labute approximate surface area is 138 Å². The molecular weight excluding hydrogens is 380 g/mol. The molecule has 0 heterocycles. The highest BCUT2D eigenvalue weighted by molar-refractivity contribution is 14.1. The van der Waals surface area contributed by atoms with E-state index in [0.29, 0.717) is 18.9 Å². The molecule has 2 aromatic carbocycles. The lowest BCUT2D eigenvalue weighted by Gasteiger charge is -2.09. The summed E-state index contributed by atoms with van der Waals surface area (Å²) in [7, 11) is 0. The Balaban J connectivity index is 1.92. The third-order valence-corrected chi connectivity index (χ3v) is 3.78.